The summed E-state index contributed by atoms with van der Waals surface area (Å²) in [4.78, 5) is 0.190. The average molecular weight is 362 g/mol. The third kappa shape index (κ3) is 5.88. The molecule has 1 fully saturated rings. The van der Waals surface area contributed by atoms with Gasteiger partial charge in [0.05, 0.1) is 17.1 Å². The maximum absolute atomic E-state index is 13.3. The molecule has 0 amide bonds. The van der Waals surface area contributed by atoms with Crippen LogP contribution in [0.3, 0.4) is 0 Å². The molecule has 0 bridgehead atoms. The lowest BCUT2D eigenvalue weighted by Crippen LogP contribution is -2.25. The SMILES string of the molecule is CCCCCCSc1c(OC2CCCCO2)cccc1C(F)(F)F. The van der Waals surface area contributed by atoms with Crippen LogP contribution < -0.4 is 4.74 Å². The molecule has 1 saturated heterocycles. The predicted molar refractivity (Wildman–Crippen MR) is 90.5 cm³/mol. The van der Waals surface area contributed by atoms with Crippen LogP contribution in [0.5, 0.6) is 5.75 Å². The van der Waals surface area contributed by atoms with Crippen molar-refractivity contribution < 1.29 is 22.6 Å². The van der Waals surface area contributed by atoms with Crippen LogP contribution in [0.15, 0.2) is 23.1 Å². The van der Waals surface area contributed by atoms with Crippen molar-refractivity contribution in [3.05, 3.63) is 23.8 Å². The first-order valence-electron chi connectivity index (χ1n) is 8.63. The molecule has 0 radical (unpaired) electrons. The Morgan fingerprint density at radius 2 is 2.04 bits per heavy atom. The van der Waals surface area contributed by atoms with Crippen molar-refractivity contribution in [3.8, 4) is 5.75 Å². The first-order chi connectivity index (χ1) is 11.5. The molecule has 0 aromatic heterocycles. The van der Waals surface area contributed by atoms with Crippen molar-refractivity contribution in [2.45, 2.75) is 69.2 Å². The van der Waals surface area contributed by atoms with Crippen LogP contribution in [-0.4, -0.2) is 18.6 Å². The van der Waals surface area contributed by atoms with Crippen LogP contribution in [0.1, 0.15) is 57.4 Å². The summed E-state index contributed by atoms with van der Waals surface area (Å²) in [6.45, 7) is 2.71. The monoisotopic (exact) mass is 362 g/mol. The molecule has 6 heteroatoms. The van der Waals surface area contributed by atoms with E-state index in [1.165, 1.54) is 17.8 Å². The van der Waals surface area contributed by atoms with Crippen LogP contribution in [0.4, 0.5) is 13.2 Å². The largest absolute Gasteiger partial charge is 0.464 e. The molecule has 2 nitrogen and oxygen atoms in total. The number of thioether (sulfide) groups is 1. The van der Waals surface area contributed by atoms with E-state index in [9.17, 15) is 13.2 Å². The second kappa shape index (κ2) is 9.56. The summed E-state index contributed by atoms with van der Waals surface area (Å²) in [7, 11) is 0. The number of unbranched alkanes of at least 4 members (excludes halogenated alkanes) is 3. The van der Waals surface area contributed by atoms with E-state index in [2.05, 4.69) is 6.92 Å². The minimum atomic E-state index is -4.38. The molecular weight excluding hydrogens is 337 g/mol. The molecular formula is C18H25F3O2S. The molecule has 1 heterocycles. The first kappa shape index (κ1) is 19.4. The molecule has 1 unspecified atom stereocenters. The highest BCUT2D eigenvalue weighted by atomic mass is 32.2. The Balaban J connectivity index is 2.11. The van der Waals surface area contributed by atoms with E-state index in [-0.39, 0.29) is 10.6 Å². The van der Waals surface area contributed by atoms with Crippen molar-refractivity contribution in [2.75, 3.05) is 12.4 Å². The maximum Gasteiger partial charge on any atom is 0.417 e. The van der Waals surface area contributed by atoms with Gasteiger partial charge in [0.25, 0.3) is 0 Å². The van der Waals surface area contributed by atoms with Gasteiger partial charge in [-0.3, -0.25) is 0 Å². The molecule has 0 aliphatic carbocycles. The number of rotatable bonds is 8. The zero-order valence-electron chi connectivity index (χ0n) is 14.0. The summed E-state index contributed by atoms with van der Waals surface area (Å²) < 4.78 is 51.3. The van der Waals surface area contributed by atoms with Gasteiger partial charge in [-0.15, -0.1) is 11.8 Å². The Bertz CT molecular complexity index is 500. The van der Waals surface area contributed by atoms with Gasteiger partial charge in [-0.1, -0.05) is 32.3 Å². The number of alkyl halides is 3. The Hall–Kier alpha value is -0.880. The minimum absolute atomic E-state index is 0.190. The van der Waals surface area contributed by atoms with E-state index in [1.54, 1.807) is 6.07 Å². The lowest BCUT2D eigenvalue weighted by atomic mass is 10.2. The van der Waals surface area contributed by atoms with Crippen molar-refractivity contribution in [2.24, 2.45) is 0 Å². The molecule has 24 heavy (non-hydrogen) atoms. The van der Waals surface area contributed by atoms with Crippen LogP contribution in [0.25, 0.3) is 0 Å². The highest BCUT2D eigenvalue weighted by Gasteiger charge is 2.35. The molecule has 0 saturated carbocycles. The number of hydrogen-bond acceptors (Lipinski definition) is 3. The topological polar surface area (TPSA) is 18.5 Å². The van der Waals surface area contributed by atoms with Gasteiger partial charge in [0.1, 0.15) is 5.75 Å². The molecule has 1 aliphatic heterocycles. The Kier molecular flexibility index (Phi) is 7.75. The molecule has 2 rings (SSSR count). The van der Waals surface area contributed by atoms with Crippen molar-refractivity contribution in [1.82, 2.24) is 0 Å². The van der Waals surface area contributed by atoms with E-state index >= 15 is 0 Å². The number of halogens is 3. The third-order valence-electron chi connectivity index (χ3n) is 3.92. The summed E-state index contributed by atoms with van der Waals surface area (Å²) in [6, 6.07) is 4.15. The van der Waals surface area contributed by atoms with Crippen LogP contribution in [-0.2, 0) is 10.9 Å². The molecule has 1 aromatic carbocycles. The normalized spacial score (nSPS) is 18.6. The molecule has 1 atom stereocenters. The fourth-order valence-corrected chi connectivity index (χ4v) is 3.78. The first-order valence-corrected chi connectivity index (χ1v) is 9.62. The molecule has 0 spiro atoms. The van der Waals surface area contributed by atoms with Crippen LogP contribution in [0.2, 0.25) is 0 Å². The standard InChI is InChI=1S/C18H25F3O2S/c1-2-3-4-7-13-24-17-14(18(19,20)21)9-8-10-15(17)23-16-11-5-6-12-22-16/h8-10,16H,2-7,11-13H2,1H3. The number of hydrogen-bond donors (Lipinski definition) is 0. The third-order valence-corrected chi connectivity index (χ3v) is 5.13. The fraction of sp³-hybridized carbons (Fsp3) is 0.667. The Morgan fingerprint density at radius 1 is 1.21 bits per heavy atom. The quantitative estimate of drug-likeness (QED) is 0.400. The summed E-state index contributed by atoms with van der Waals surface area (Å²) in [5.74, 6) is 0.951. The number of ether oxygens (including phenoxy) is 2. The Morgan fingerprint density at radius 3 is 2.71 bits per heavy atom. The lowest BCUT2D eigenvalue weighted by Gasteiger charge is -2.25. The van der Waals surface area contributed by atoms with Gasteiger partial charge >= 0.3 is 6.18 Å². The zero-order chi connectivity index (χ0) is 17.4. The van der Waals surface area contributed by atoms with Gasteiger partial charge in [-0.05, 0) is 37.1 Å². The van der Waals surface area contributed by atoms with E-state index in [0.717, 1.165) is 51.0 Å². The second-order valence-corrected chi connectivity index (χ2v) is 7.06. The van der Waals surface area contributed by atoms with Gasteiger partial charge in [0.15, 0.2) is 6.29 Å². The van der Waals surface area contributed by atoms with E-state index in [0.29, 0.717) is 12.4 Å². The summed E-state index contributed by atoms with van der Waals surface area (Å²) in [5, 5.41) is 0. The van der Waals surface area contributed by atoms with E-state index in [4.69, 9.17) is 9.47 Å². The van der Waals surface area contributed by atoms with Gasteiger partial charge in [0.2, 0.25) is 0 Å². The van der Waals surface area contributed by atoms with Gasteiger partial charge < -0.3 is 9.47 Å². The van der Waals surface area contributed by atoms with Crippen LogP contribution >= 0.6 is 11.8 Å². The lowest BCUT2D eigenvalue weighted by molar-refractivity contribution is -0.141. The Labute approximate surface area is 146 Å². The zero-order valence-corrected chi connectivity index (χ0v) is 14.8. The predicted octanol–water partition coefficient (Wildman–Crippen LogP) is 6.28. The van der Waals surface area contributed by atoms with Crippen LogP contribution in [0, 0.1) is 0 Å². The van der Waals surface area contributed by atoms with Gasteiger partial charge in [-0.2, -0.15) is 13.2 Å². The van der Waals surface area contributed by atoms with Crippen molar-refractivity contribution in [1.29, 1.82) is 0 Å². The minimum Gasteiger partial charge on any atom is -0.464 e. The molecule has 136 valence electrons. The van der Waals surface area contributed by atoms with E-state index in [1.807, 2.05) is 0 Å². The fourth-order valence-electron chi connectivity index (χ4n) is 2.63. The molecule has 1 aliphatic rings. The summed E-state index contributed by atoms with van der Waals surface area (Å²) >= 11 is 1.24. The summed E-state index contributed by atoms with van der Waals surface area (Å²) in [5.41, 5.74) is -0.615. The smallest absolute Gasteiger partial charge is 0.417 e. The summed E-state index contributed by atoms with van der Waals surface area (Å²) in [6.07, 6.45) is 2.02. The highest BCUT2D eigenvalue weighted by Crippen LogP contribution is 2.42. The average Bonchev–Trinajstić information content (AvgIpc) is 2.55. The highest BCUT2D eigenvalue weighted by molar-refractivity contribution is 7.99. The maximum atomic E-state index is 13.3. The molecule has 1 aromatic rings. The van der Waals surface area contributed by atoms with Gasteiger partial charge in [0, 0.05) is 6.42 Å². The molecule has 0 N–H and O–H groups in total. The number of benzene rings is 1. The van der Waals surface area contributed by atoms with Crippen molar-refractivity contribution in [3.63, 3.8) is 0 Å². The van der Waals surface area contributed by atoms with Gasteiger partial charge in [-0.25, -0.2) is 0 Å². The van der Waals surface area contributed by atoms with E-state index < -0.39 is 18.0 Å². The second-order valence-electron chi connectivity index (χ2n) is 5.95. The van der Waals surface area contributed by atoms with Crippen molar-refractivity contribution >= 4 is 11.8 Å².